The van der Waals surface area contributed by atoms with Crippen LogP contribution in [0.2, 0.25) is 0 Å². The molecule has 0 atom stereocenters. The highest BCUT2D eigenvalue weighted by Crippen LogP contribution is 2.31. The Hall–Kier alpha value is -1.59. The summed E-state index contributed by atoms with van der Waals surface area (Å²) in [5, 5.41) is 12.8. The predicted molar refractivity (Wildman–Crippen MR) is 87.2 cm³/mol. The second kappa shape index (κ2) is 7.79. The van der Waals surface area contributed by atoms with E-state index in [0.29, 0.717) is 31.2 Å². The SMILES string of the molecule is O=C(CC1CCCCC1)Nc1cc(C2OCCCO2)ccc1O. The molecule has 1 amide bonds. The lowest BCUT2D eigenvalue weighted by Gasteiger charge is -2.24. The van der Waals surface area contributed by atoms with Gasteiger partial charge in [0, 0.05) is 12.0 Å². The predicted octanol–water partition coefficient (Wildman–Crippen LogP) is 3.74. The molecule has 0 radical (unpaired) electrons. The zero-order valence-electron chi connectivity index (χ0n) is 13.4. The first-order valence-electron chi connectivity index (χ1n) is 8.58. The van der Waals surface area contributed by atoms with Crippen molar-refractivity contribution in [2.75, 3.05) is 18.5 Å². The van der Waals surface area contributed by atoms with Crippen molar-refractivity contribution < 1.29 is 19.4 Å². The summed E-state index contributed by atoms with van der Waals surface area (Å²) in [5.74, 6) is 0.510. The van der Waals surface area contributed by atoms with Crippen molar-refractivity contribution in [3.05, 3.63) is 23.8 Å². The molecule has 2 N–H and O–H groups in total. The highest BCUT2D eigenvalue weighted by atomic mass is 16.7. The van der Waals surface area contributed by atoms with Crippen LogP contribution in [0.5, 0.6) is 5.75 Å². The summed E-state index contributed by atoms with van der Waals surface area (Å²) in [6.07, 6.45) is 6.97. The average Bonchev–Trinajstić information content (AvgIpc) is 2.58. The van der Waals surface area contributed by atoms with Crippen LogP contribution in [0.15, 0.2) is 18.2 Å². The maximum atomic E-state index is 12.2. The lowest BCUT2D eigenvalue weighted by Crippen LogP contribution is -2.19. The number of hydrogen-bond donors (Lipinski definition) is 2. The Morgan fingerprint density at radius 1 is 1.13 bits per heavy atom. The number of anilines is 1. The summed E-state index contributed by atoms with van der Waals surface area (Å²) < 4.78 is 11.1. The number of amides is 1. The number of aromatic hydroxyl groups is 1. The van der Waals surface area contributed by atoms with Crippen LogP contribution < -0.4 is 5.32 Å². The van der Waals surface area contributed by atoms with Gasteiger partial charge in [-0.1, -0.05) is 25.3 Å². The highest BCUT2D eigenvalue weighted by Gasteiger charge is 2.20. The molecule has 5 nitrogen and oxygen atoms in total. The molecule has 1 aliphatic carbocycles. The molecular formula is C18H25NO4. The highest BCUT2D eigenvalue weighted by molar-refractivity contribution is 5.92. The van der Waals surface area contributed by atoms with Gasteiger partial charge in [0.25, 0.3) is 0 Å². The minimum atomic E-state index is -0.418. The van der Waals surface area contributed by atoms with Crippen molar-refractivity contribution in [1.82, 2.24) is 0 Å². The van der Waals surface area contributed by atoms with Gasteiger partial charge in [-0.15, -0.1) is 0 Å². The molecule has 1 saturated carbocycles. The number of phenolic OH excluding ortho intramolecular Hbond substituents is 1. The van der Waals surface area contributed by atoms with E-state index in [1.54, 1.807) is 18.2 Å². The second-order valence-corrected chi connectivity index (χ2v) is 6.46. The Balaban J connectivity index is 1.62. The molecule has 1 aliphatic heterocycles. The van der Waals surface area contributed by atoms with Gasteiger partial charge in [0.1, 0.15) is 5.75 Å². The van der Waals surface area contributed by atoms with Crippen molar-refractivity contribution in [2.45, 2.75) is 51.2 Å². The number of carbonyl (C=O) groups is 1. The molecule has 1 saturated heterocycles. The molecule has 5 heteroatoms. The maximum absolute atomic E-state index is 12.2. The monoisotopic (exact) mass is 319 g/mol. The summed E-state index contributed by atoms with van der Waals surface area (Å²) >= 11 is 0. The summed E-state index contributed by atoms with van der Waals surface area (Å²) in [6, 6.07) is 5.08. The van der Waals surface area contributed by atoms with E-state index in [4.69, 9.17) is 9.47 Å². The molecule has 1 aromatic rings. The lowest BCUT2D eigenvalue weighted by atomic mass is 9.87. The van der Waals surface area contributed by atoms with Crippen molar-refractivity contribution in [3.63, 3.8) is 0 Å². The fraction of sp³-hybridized carbons (Fsp3) is 0.611. The van der Waals surface area contributed by atoms with Crippen LogP contribution >= 0.6 is 0 Å². The number of phenols is 1. The van der Waals surface area contributed by atoms with E-state index in [9.17, 15) is 9.90 Å². The summed E-state index contributed by atoms with van der Waals surface area (Å²) in [6.45, 7) is 1.32. The Morgan fingerprint density at radius 3 is 2.61 bits per heavy atom. The van der Waals surface area contributed by atoms with Crippen LogP contribution in [0.25, 0.3) is 0 Å². The molecule has 0 bridgehead atoms. The third-order valence-corrected chi connectivity index (χ3v) is 4.59. The second-order valence-electron chi connectivity index (χ2n) is 6.46. The van der Waals surface area contributed by atoms with Gasteiger partial charge in [0.15, 0.2) is 6.29 Å². The van der Waals surface area contributed by atoms with Crippen molar-refractivity contribution >= 4 is 11.6 Å². The van der Waals surface area contributed by atoms with Gasteiger partial charge < -0.3 is 19.9 Å². The molecule has 1 heterocycles. The van der Waals surface area contributed by atoms with Crippen LogP contribution in [0.1, 0.15) is 56.8 Å². The molecule has 0 spiro atoms. The number of carbonyl (C=O) groups excluding carboxylic acids is 1. The molecule has 0 unspecified atom stereocenters. The Bertz CT molecular complexity index is 534. The third-order valence-electron chi connectivity index (χ3n) is 4.59. The van der Waals surface area contributed by atoms with Gasteiger partial charge in [0.2, 0.25) is 5.91 Å². The van der Waals surface area contributed by atoms with Gasteiger partial charge in [-0.2, -0.15) is 0 Å². The first-order valence-corrected chi connectivity index (χ1v) is 8.58. The van der Waals surface area contributed by atoms with Crippen LogP contribution in [0.3, 0.4) is 0 Å². The minimum absolute atomic E-state index is 0.0326. The van der Waals surface area contributed by atoms with Crippen molar-refractivity contribution in [1.29, 1.82) is 0 Å². The first-order chi connectivity index (χ1) is 11.2. The molecular weight excluding hydrogens is 294 g/mol. The van der Waals surface area contributed by atoms with Gasteiger partial charge >= 0.3 is 0 Å². The summed E-state index contributed by atoms with van der Waals surface area (Å²) in [7, 11) is 0. The molecule has 2 aliphatic rings. The molecule has 126 valence electrons. The third kappa shape index (κ3) is 4.45. The van der Waals surface area contributed by atoms with Gasteiger partial charge in [0.05, 0.1) is 18.9 Å². The smallest absolute Gasteiger partial charge is 0.224 e. The van der Waals surface area contributed by atoms with Gasteiger partial charge in [-0.25, -0.2) is 0 Å². The minimum Gasteiger partial charge on any atom is -0.506 e. The fourth-order valence-corrected chi connectivity index (χ4v) is 3.34. The number of hydrogen-bond acceptors (Lipinski definition) is 4. The Labute approximate surface area is 137 Å². The van der Waals surface area contributed by atoms with Gasteiger partial charge in [-0.05, 0) is 37.3 Å². The molecule has 2 fully saturated rings. The van der Waals surface area contributed by atoms with E-state index in [0.717, 1.165) is 24.8 Å². The van der Waals surface area contributed by atoms with E-state index in [2.05, 4.69) is 5.32 Å². The zero-order chi connectivity index (χ0) is 16.1. The lowest BCUT2D eigenvalue weighted by molar-refractivity contribution is -0.183. The van der Waals surface area contributed by atoms with Crippen LogP contribution in [0.4, 0.5) is 5.69 Å². The largest absolute Gasteiger partial charge is 0.506 e. The van der Waals surface area contributed by atoms with E-state index in [1.807, 2.05) is 0 Å². The number of rotatable bonds is 4. The van der Waals surface area contributed by atoms with E-state index in [1.165, 1.54) is 19.3 Å². The molecule has 1 aromatic carbocycles. The standard InChI is InChI=1S/C18H25NO4/c20-16-8-7-14(18-22-9-4-10-23-18)12-15(16)19-17(21)11-13-5-2-1-3-6-13/h7-8,12-13,18,20H,1-6,9-11H2,(H,19,21). The van der Waals surface area contributed by atoms with Crippen molar-refractivity contribution in [3.8, 4) is 5.75 Å². The summed E-state index contributed by atoms with van der Waals surface area (Å²) in [4.78, 5) is 12.2. The van der Waals surface area contributed by atoms with E-state index in [-0.39, 0.29) is 11.7 Å². The molecule has 23 heavy (non-hydrogen) atoms. The summed E-state index contributed by atoms with van der Waals surface area (Å²) in [5.41, 5.74) is 1.25. The van der Waals surface area contributed by atoms with Gasteiger partial charge in [-0.3, -0.25) is 4.79 Å². The van der Waals surface area contributed by atoms with Crippen LogP contribution in [-0.2, 0) is 14.3 Å². The maximum Gasteiger partial charge on any atom is 0.224 e. The van der Waals surface area contributed by atoms with E-state index >= 15 is 0 Å². The van der Waals surface area contributed by atoms with E-state index < -0.39 is 6.29 Å². The Morgan fingerprint density at radius 2 is 1.87 bits per heavy atom. The van der Waals surface area contributed by atoms with Crippen LogP contribution in [0, 0.1) is 5.92 Å². The topological polar surface area (TPSA) is 67.8 Å². The van der Waals surface area contributed by atoms with Crippen LogP contribution in [-0.4, -0.2) is 24.2 Å². The average molecular weight is 319 g/mol. The first kappa shape index (κ1) is 16.3. The quantitative estimate of drug-likeness (QED) is 0.830. The Kier molecular flexibility index (Phi) is 5.51. The molecule has 0 aromatic heterocycles. The number of ether oxygens (including phenoxy) is 2. The molecule has 3 rings (SSSR count). The fourth-order valence-electron chi connectivity index (χ4n) is 3.34. The van der Waals surface area contributed by atoms with Crippen molar-refractivity contribution in [2.24, 2.45) is 5.92 Å². The zero-order valence-corrected chi connectivity index (χ0v) is 13.4. The normalized spacial score (nSPS) is 20.3. The number of benzene rings is 1. The number of nitrogens with one attached hydrogen (secondary N) is 1.